The highest BCUT2D eigenvalue weighted by molar-refractivity contribution is 6.02. The molecule has 0 spiro atoms. The van der Waals surface area contributed by atoms with Crippen molar-refractivity contribution in [3.8, 4) is 17.2 Å². The van der Waals surface area contributed by atoms with Crippen molar-refractivity contribution in [3.05, 3.63) is 70.3 Å². The van der Waals surface area contributed by atoms with Crippen LogP contribution in [-0.4, -0.2) is 5.91 Å². The second-order valence-electron chi connectivity index (χ2n) is 6.46. The monoisotopic (exact) mass is 372 g/mol. The normalized spacial score (nSPS) is 10.9. The molecule has 0 bridgehead atoms. The highest BCUT2D eigenvalue weighted by Gasteiger charge is 2.16. The Morgan fingerprint density at radius 2 is 1.93 bits per heavy atom. The van der Waals surface area contributed by atoms with Crippen molar-refractivity contribution in [3.63, 3.8) is 0 Å². The smallest absolute Gasteiger partial charge is 0.341 e. The summed E-state index contributed by atoms with van der Waals surface area (Å²) in [5, 5.41) is 12.8. The molecule has 1 amide bonds. The molecule has 0 aliphatic carbocycles. The Hall–Kier alpha value is -3.85. The van der Waals surface area contributed by atoms with E-state index in [9.17, 15) is 9.59 Å². The molecule has 4 aromatic rings. The molecule has 138 valence electrons. The van der Waals surface area contributed by atoms with Gasteiger partial charge in [0.05, 0.1) is 24.4 Å². The van der Waals surface area contributed by atoms with Crippen molar-refractivity contribution >= 4 is 27.8 Å². The number of carbonyl (C=O) groups excluding carboxylic acids is 1. The number of furan rings is 1. The van der Waals surface area contributed by atoms with Gasteiger partial charge in [-0.25, -0.2) is 4.79 Å². The lowest BCUT2D eigenvalue weighted by atomic mass is 10.0. The Balaban J connectivity index is 1.84. The van der Waals surface area contributed by atoms with Crippen molar-refractivity contribution < 1.29 is 13.6 Å². The van der Waals surface area contributed by atoms with E-state index in [0.717, 1.165) is 27.5 Å². The lowest BCUT2D eigenvalue weighted by molar-refractivity contribution is -0.120. The fourth-order valence-electron chi connectivity index (χ4n) is 3.28. The van der Waals surface area contributed by atoms with Gasteiger partial charge < -0.3 is 14.2 Å². The Morgan fingerprint density at radius 1 is 1.14 bits per heavy atom. The third-order valence-electron chi connectivity index (χ3n) is 4.77. The van der Waals surface area contributed by atoms with Crippen LogP contribution in [0.3, 0.4) is 0 Å². The van der Waals surface area contributed by atoms with E-state index < -0.39 is 11.5 Å². The first kappa shape index (κ1) is 17.6. The first-order valence-electron chi connectivity index (χ1n) is 8.75. The molecule has 0 radical (unpaired) electrons. The number of nitrogens with one attached hydrogen (secondary N) is 1. The average molecular weight is 372 g/mol. The van der Waals surface area contributed by atoms with Gasteiger partial charge in [0.15, 0.2) is 0 Å². The molecule has 0 fully saturated rings. The molecule has 6 nitrogen and oxygen atoms in total. The molecule has 0 aliphatic rings. The standard InChI is InChI=1S/C22H16N2O4/c1-13-15-9-16-18(14-5-3-2-4-6-14)12-27-19(16)10-20(15)28-22(26)17(13)11-24-21(25)7-8-23/h2-6,9-10,12H,7,11H2,1H3,(H,24,25). The lowest BCUT2D eigenvalue weighted by Crippen LogP contribution is -2.26. The van der Waals surface area contributed by atoms with Crippen LogP contribution in [-0.2, 0) is 11.3 Å². The number of hydrogen-bond acceptors (Lipinski definition) is 5. The molecular formula is C22H16N2O4. The zero-order chi connectivity index (χ0) is 19.7. The first-order chi connectivity index (χ1) is 13.6. The summed E-state index contributed by atoms with van der Waals surface area (Å²) in [6.45, 7) is 1.83. The Labute approximate surface area is 160 Å². The average Bonchev–Trinajstić information content (AvgIpc) is 3.10. The minimum absolute atomic E-state index is 0.0135. The van der Waals surface area contributed by atoms with E-state index in [0.29, 0.717) is 16.7 Å². The van der Waals surface area contributed by atoms with Gasteiger partial charge in [0.1, 0.15) is 17.6 Å². The van der Waals surface area contributed by atoms with Crippen LogP contribution < -0.4 is 10.9 Å². The van der Waals surface area contributed by atoms with Crippen molar-refractivity contribution in [2.75, 3.05) is 0 Å². The number of rotatable bonds is 4. The van der Waals surface area contributed by atoms with Gasteiger partial charge in [-0.3, -0.25) is 4.79 Å². The molecule has 0 unspecified atom stereocenters. The van der Waals surface area contributed by atoms with Crippen LogP contribution in [0.2, 0.25) is 0 Å². The summed E-state index contributed by atoms with van der Waals surface area (Å²) in [5.74, 6) is -0.432. The Bertz CT molecular complexity index is 1290. The van der Waals surface area contributed by atoms with Crippen LogP contribution >= 0.6 is 0 Å². The van der Waals surface area contributed by atoms with Gasteiger partial charge in [-0.1, -0.05) is 30.3 Å². The van der Waals surface area contributed by atoms with Crippen molar-refractivity contribution in [2.24, 2.45) is 0 Å². The quantitative estimate of drug-likeness (QED) is 0.545. The molecule has 28 heavy (non-hydrogen) atoms. The molecule has 0 saturated carbocycles. The van der Waals surface area contributed by atoms with Crippen LogP contribution in [0.1, 0.15) is 17.5 Å². The molecule has 1 N–H and O–H groups in total. The second-order valence-corrected chi connectivity index (χ2v) is 6.46. The van der Waals surface area contributed by atoms with Crippen LogP contribution in [0.25, 0.3) is 33.1 Å². The van der Waals surface area contributed by atoms with E-state index in [-0.39, 0.29) is 13.0 Å². The van der Waals surface area contributed by atoms with Crippen molar-refractivity contribution in [1.29, 1.82) is 5.26 Å². The van der Waals surface area contributed by atoms with E-state index in [1.807, 2.05) is 43.3 Å². The van der Waals surface area contributed by atoms with Crippen LogP contribution in [0, 0.1) is 18.3 Å². The summed E-state index contributed by atoms with van der Waals surface area (Å²) in [5.41, 5.74) is 3.61. The minimum atomic E-state index is -0.517. The third kappa shape index (κ3) is 3.03. The van der Waals surface area contributed by atoms with Crippen LogP contribution in [0.4, 0.5) is 0 Å². The topological polar surface area (TPSA) is 96.2 Å². The van der Waals surface area contributed by atoms with Gasteiger partial charge >= 0.3 is 5.63 Å². The molecule has 6 heteroatoms. The Kier molecular flexibility index (Phi) is 4.42. The highest BCUT2D eigenvalue weighted by Crippen LogP contribution is 2.34. The maximum absolute atomic E-state index is 12.4. The number of amides is 1. The number of benzene rings is 2. The van der Waals surface area contributed by atoms with E-state index in [4.69, 9.17) is 14.1 Å². The van der Waals surface area contributed by atoms with E-state index in [1.54, 1.807) is 18.4 Å². The summed E-state index contributed by atoms with van der Waals surface area (Å²) >= 11 is 0. The Morgan fingerprint density at radius 3 is 2.68 bits per heavy atom. The fourth-order valence-corrected chi connectivity index (χ4v) is 3.28. The SMILES string of the molecule is Cc1c(CNC(=O)CC#N)c(=O)oc2cc3occ(-c4ccccc4)c3cc12. The number of hydrogen-bond donors (Lipinski definition) is 1. The third-order valence-corrected chi connectivity index (χ3v) is 4.77. The lowest BCUT2D eigenvalue weighted by Gasteiger charge is -2.09. The molecule has 2 aromatic heterocycles. The van der Waals surface area contributed by atoms with Crippen LogP contribution in [0.15, 0.2) is 62.4 Å². The molecule has 2 heterocycles. The van der Waals surface area contributed by atoms with E-state index in [2.05, 4.69) is 5.32 Å². The van der Waals surface area contributed by atoms with Gasteiger partial charge in [-0.15, -0.1) is 0 Å². The summed E-state index contributed by atoms with van der Waals surface area (Å²) < 4.78 is 11.1. The summed E-state index contributed by atoms with van der Waals surface area (Å²) in [6.07, 6.45) is 1.43. The fraction of sp³-hybridized carbons (Fsp3) is 0.136. The second kappa shape index (κ2) is 7.05. The van der Waals surface area contributed by atoms with Gasteiger partial charge in [-0.2, -0.15) is 5.26 Å². The predicted octanol–water partition coefficient (Wildman–Crippen LogP) is 4.04. The molecule has 2 aromatic carbocycles. The van der Waals surface area contributed by atoms with Gasteiger partial charge in [0, 0.05) is 22.4 Å². The van der Waals surface area contributed by atoms with Crippen LogP contribution in [0.5, 0.6) is 0 Å². The number of carbonyl (C=O) groups is 1. The summed E-state index contributed by atoms with van der Waals surface area (Å²) in [6, 6.07) is 15.3. The maximum Gasteiger partial charge on any atom is 0.341 e. The molecular weight excluding hydrogens is 356 g/mol. The number of aryl methyl sites for hydroxylation is 1. The van der Waals surface area contributed by atoms with Gasteiger partial charge in [-0.05, 0) is 24.1 Å². The van der Waals surface area contributed by atoms with Crippen molar-refractivity contribution in [2.45, 2.75) is 19.9 Å². The van der Waals surface area contributed by atoms with Gasteiger partial charge in [0.2, 0.25) is 5.91 Å². The number of fused-ring (bicyclic) bond motifs is 2. The molecule has 0 atom stereocenters. The number of nitriles is 1. The predicted molar refractivity (Wildman–Crippen MR) is 105 cm³/mol. The van der Waals surface area contributed by atoms with E-state index in [1.165, 1.54) is 0 Å². The van der Waals surface area contributed by atoms with Crippen molar-refractivity contribution in [1.82, 2.24) is 5.32 Å². The number of nitrogens with zero attached hydrogens (tertiary/aromatic N) is 1. The van der Waals surface area contributed by atoms with E-state index >= 15 is 0 Å². The first-order valence-corrected chi connectivity index (χ1v) is 8.75. The minimum Gasteiger partial charge on any atom is -0.464 e. The van der Waals surface area contributed by atoms with Gasteiger partial charge in [0.25, 0.3) is 0 Å². The summed E-state index contributed by atoms with van der Waals surface area (Å²) in [4.78, 5) is 23.9. The summed E-state index contributed by atoms with van der Waals surface area (Å²) in [7, 11) is 0. The zero-order valence-electron chi connectivity index (χ0n) is 15.1. The molecule has 4 rings (SSSR count). The molecule has 0 saturated heterocycles. The molecule has 0 aliphatic heterocycles. The zero-order valence-corrected chi connectivity index (χ0v) is 15.1. The largest absolute Gasteiger partial charge is 0.464 e. The highest BCUT2D eigenvalue weighted by atomic mass is 16.4. The maximum atomic E-state index is 12.4.